The molecule has 7 heteroatoms. The van der Waals surface area contributed by atoms with Crippen LogP contribution in [0.3, 0.4) is 0 Å². The molecule has 0 fully saturated rings. The molecule has 1 atom stereocenters. The molecule has 0 radical (unpaired) electrons. The predicted molar refractivity (Wildman–Crippen MR) is 110 cm³/mol. The zero-order chi connectivity index (χ0) is 16.5. The Morgan fingerprint density at radius 2 is 2.09 bits per heavy atom. The minimum atomic E-state index is 0. The van der Waals surface area contributed by atoms with Crippen molar-refractivity contribution >= 4 is 41.3 Å². The summed E-state index contributed by atoms with van der Waals surface area (Å²) in [7, 11) is 5.58. The van der Waals surface area contributed by atoms with Crippen LogP contribution in [0.2, 0.25) is 0 Å². The van der Waals surface area contributed by atoms with Crippen LogP contribution >= 0.6 is 35.3 Å². The van der Waals surface area contributed by atoms with Crippen LogP contribution < -0.4 is 5.32 Å². The molecule has 23 heavy (non-hydrogen) atoms. The van der Waals surface area contributed by atoms with Crippen molar-refractivity contribution in [3.05, 3.63) is 16.1 Å². The van der Waals surface area contributed by atoms with E-state index in [1.807, 2.05) is 21.0 Å². The van der Waals surface area contributed by atoms with Crippen molar-refractivity contribution in [1.82, 2.24) is 15.2 Å². The highest BCUT2D eigenvalue weighted by Gasteiger charge is 2.13. The summed E-state index contributed by atoms with van der Waals surface area (Å²) >= 11 is 1.65. The summed E-state index contributed by atoms with van der Waals surface area (Å²) in [6.45, 7) is 8.19. The van der Waals surface area contributed by atoms with Crippen molar-refractivity contribution in [2.75, 3.05) is 27.7 Å². The number of ether oxygens (including phenoxy) is 1. The first-order chi connectivity index (χ1) is 10.5. The molecule has 1 N–H and O–H groups in total. The van der Waals surface area contributed by atoms with Crippen LogP contribution in [-0.4, -0.2) is 43.6 Å². The first kappa shape index (κ1) is 22.6. The summed E-state index contributed by atoms with van der Waals surface area (Å²) in [5, 5.41) is 6.57. The van der Waals surface area contributed by atoms with Gasteiger partial charge >= 0.3 is 0 Å². The third kappa shape index (κ3) is 7.34. The highest BCUT2D eigenvalue weighted by atomic mass is 127. The monoisotopic (exact) mass is 454 g/mol. The van der Waals surface area contributed by atoms with Gasteiger partial charge in [0.1, 0.15) is 11.1 Å². The lowest BCUT2D eigenvalue weighted by atomic mass is 10.0. The smallest absolute Gasteiger partial charge is 0.193 e. The van der Waals surface area contributed by atoms with Crippen LogP contribution in [-0.2, 0) is 11.3 Å². The molecule has 0 aromatic carbocycles. The van der Waals surface area contributed by atoms with Crippen molar-refractivity contribution < 1.29 is 4.74 Å². The summed E-state index contributed by atoms with van der Waals surface area (Å²) in [6.07, 6.45) is 2.43. The number of nitrogens with zero attached hydrogens (tertiary/aromatic N) is 3. The van der Waals surface area contributed by atoms with Gasteiger partial charge in [-0.1, -0.05) is 26.7 Å². The lowest BCUT2D eigenvalue weighted by molar-refractivity contribution is 0.119. The van der Waals surface area contributed by atoms with Gasteiger partial charge in [0, 0.05) is 33.1 Å². The average molecular weight is 454 g/mol. The third-order valence-electron chi connectivity index (χ3n) is 3.95. The Balaban J connectivity index is 0.00000484. The van der Waals surface area contributed by atoms with Crippen molar-refractivity contribution in [3.63, 3.8) is 0 Å². The molecule has 0 saturated heterocycles. The Morgan fingerprint density at radius 3 is 2.61 bits per heavy atom. The Kier molecular flexibility index (Phi) is 11.8. The molecule has 134 valence electrons. The van der Waals surface area contributed by atoms with E-state index in [4.69, 9.17) is 4.74 Å². The molecule has 0 saturated carbocycles. The second kappa shape index (κ2) is 12.0. The van der Waals surface area contributed by atoms with Crippen molar-refractivity contribution in [2.45, 2.75) is 46.3 Å². The van der Waals surface area contributed by atoms with Crippen LogP contribution in [0, 0.1) is 5.92 Å². The number of aliphatic imine (C=N–C) groups is 1. The number of halogens is 1. The number of hydrogen-bond acceptors (Lipinski definition) is 4. The SMILES string of the molecule is CCC(CC)CNC(=NC)N(C)Cc1csc(C(C)OC)n1.I. The minimum Gasteiger partial charge on any atom is -0.375 e. The fourth-order valence-electron chi connectivity index (χ4n) is 2.20. The summed E-state index contributed by atoms with van der Waals surface area (Å²) < 4.78 is 5.31. The maximum Gasteiger partial charge on any atom is 0.193 e. The first-order valence-electron chi connectivity index (χ1n) is 7.94. The highest BCUT2D eigenvalue weighted by molar-refractivity contribution is 14.0. The summed E-state index contributed by atoms with van der Waals surface area (Å²) in [4.78, 5) is 11.1. The standard InChI is InChI=1S/C16H30N4OS.HI/c1-7-13(8-2)9-18-16(17-4)20(5)10-14-11-22-15(19-14)12(3)21-6;/h11-13H,7-10H2,1-6H3,(H,17,18);1H. The molecule has 0 spiro atoms. The number of nitrogens with one attached hydrogen (secondary N) is 1. The zero-order valence-corrected chi connectivity index (χ0v) is 18.3. The van der Waals surface area contributed by atoms with Crippen LogP contribution in [0.4, 0.5) is 0 Å². The molecule has 5 nitrogen and oxygen atoms in total. The van der Waals surface area contributed by atoms with E-state index >= 15 is 0 Å². The van der Waals surface area contributed by atoms with E-state index in [1.165, 1.54) is 12.8 Å². The number of guanidine groups is 1. The molecule has 1 heterocycles. The molecule has 0 aliphatic carbocycles. The average Bonchev–Trinajstić information content (AvgIpc) is 2.99. The van der Waals surface area contributed by atoms with E-state index < -0.39 is 0 Å². The normalized spacial score (nSPS) is 12.9. The van der Waals surface area contributed by atoms with E-state index in [0.29, 0.717) is 5.92 Å². The van der Waals surface area contributed by atoms with E-state index in [2.05, 4.69) is 39.4 Å². The van der Waals surface area contributed by atoms with Crippen molar-refractivity contribution in [3.8, 4) is 0 Å². The summed E-state index contributed by atoms with van der Waals surface area (Å²) in [5.74, 6) is 1.61. The van der Waals surface area contributed by atoms with Crippen molar-refractivity contribution in [2.24, 2.45) is 10.9 Å². The quantitative estimate of drug-likeness (QED) is 0.368. The number of hydrogen-bond donors (Lipinski definition) is 1. The van der Waals surface area contributed by atoms with Gasteiger partial charge in [0.2, 0.25) is 0 Å². The molecular formula is C16H31IN4OS. The Hall–Kier alpha value is -0.410. The van der Waals surface area contributed by atoms with Crippen LogP contribution in [0.1, 0.15) is 50.4 Å². The fraction of sp³-hybridized carbons (Fsp3) is 0.750. The summed E-state index contributed by atoms with van der Waals surface area (Å²) in [5.41, 5.74) is 1.05. The van der Waals surface area contributed by atoms with E-state index in [1.54, 1.807) is 18.4 Å². The van der Waals surface area contributed by atoms with E-state index in [-0.39, 0.29) is 30.1 Å². The maximum atomic E-state index is 5.31. The van der Waals surface area contributed by atoms with Crippen LogP contribution in [0.15, 0.2) is 10.4 Å². The van der Waals surface area contributed by atoms with Crippen LogP contribution in [0.5, 0.6) is 0 Å². The molecule has 1 aromatic heterocycles. The lowest BCUT2D eigenvalue weighted by Crippen LogP contribution is -2.40. The van der Waals surface area contributed by atoms with Gasteiger partial charge in [0.05, 0.1) is 12.2 Å². The van der Waals surface area contributed by atoms with Crippen molar-refractivity contribution in [1.29, 1.82) is 0 Å². The fourth-order valence-corrected chi connectivity index (χ4v) is 3.04. The molecule has 0 aliphatic heterocycles. The number of methoxy groups -OCH3 is 1. The molecule has 1 aromatic rings. The van der Waals surface area contributed by atoms with Gasteiger partial charge in [-0.25, -0.2) is 4.98 Å². The van der Waals surface area contributed by atoms with Gasteiger partial charge in [0.15, 0.2) is 5.96 Å². The van der Waals surface area contributed by atoms with E-state index in [0.717, 1.165) is 29.8 Å². The summed E-state index contributed by atoms with van der Waals surface area (Å²) in [6, 6.07) is 0. The first-order valence-corrected chi connectivity index (χ1v) is 8.82. The number of thiazole rings is 1. The zero-order valence-electron chi connectivity index (χ0n) is 15.1. The third-order valence-corrected chi connectivity index (χ3v) is 5.00. The molecule has 0 amide bonds. The van der Waals surface area contributed by atoms with Gasteiger partial charge in [-0.2, -0.15) is 0 Å². The van der Waals surface area contributed by atoms with Gasteiger partial charge in [-0.3, -0.25) is 4.99 Å². The topological polar surface area (TPSA) is 49.8 Å². The van der Waals surface area contributed by atoms with Gasteiger partial charge in [0.25, 0.3) is 0 Å². The second-order valence-corrected chi connectivity index (χ2v) is 6.41. The van der Waals surface area contributed by atoms with E-state index in [9.17, 15) is 0 Å². The maximum absolute atomic E-state index is 5.31. The molecule has 1 unspecified atom stereocenters. The van der Waals surface area contributed by atoms with Gasteiger partial charge < -0.3 is 15.0 Å². The predicted octanol–water partition coefficient (Wildman–Crippen LogP) is 3.91. The minimum absolute atomic E-state index is 0. The Morgan fingerprint density at radius 1 is 1.43 bits per heavy atom. The highest BCUT2D eigenvalue weighted by Crippen LogP contribution is 2.20. The lowest BCUT2D eigenvalue weighted by Gasteiger charge is -2.23. The van der Waals surface area contributed by atoms with Crippen LogP contribution in [0.25, 0.3) is 0 Å². The molecule has 0 aliphatic rings. The molecular weight excluding hydrogens is 423 g/mol. The largest absolute Gasteiger partial charge is 0.375 e. The number of aromatic nitrogens is 1. The van der Waals surface area contributed by atoms with Gasteiger partial charge in [-0.05, 0) is 12.8 Å². The van der Waals surface area contributed by atoms with Gasteiger partial charge in [-0.15, -0.1) is 35.3 Å². The second-order valence-electron chi connectivity index (χ2n) is 5.52. The Labute approximate surface area is 161 Å². The molecule has 0 bridgehead atoms. The number of rotatable bonds is 8. The Bertz CT molecular complexity index is 463. The molecule has 1 rings (SSSR count).